The van der Waals surface area contributed by atoms with Crippen molar-refractivity contribution in [2.24, 2.45) is 5.10 Å². The van der Waals surface area contributed by atoms with Crippen LogP contribution in [0.25, 0.3) is 0 Å². The highest BCUT2D eigenvalue weighted by Crippen LogP contribution is 2.14. The van der Waals surface area contributed by atoms with Crippen molar-refractivity contribution in [2.75, 3.05) is 0 Å². The molecule has 0 unspecified atom stereocenters. The lowest BCUT2D eigenvalue weighted by atomic mass is 9.98. The summed E-state index contributed by atoms with van der Waals surface area (Å²) >= 11 is 0. The van der Waals surface area contributed by atoms with Gasteiger partial charge in [0.2, 0.25) is 0 Å². The van der Waals surface area contributed by atoms with E-state index in [1.807, 2.05) is 0 Å². The molecule has 0 atom stereocenters. The summed E-state index contributed by atoms with van der Waals surface area (Å²) < 4.78 is 1.65. The maximum atomic E-state index is 4.23. The molecule has 1 aromatic heterocycles. The highest BCUT2D eigenvalue weighted by atomic mass is 15.4. The van der Waals surface area contributed by atoms with Gasteiger partial charge < -0.3 is 0 Å². The SMILES string of the molecule is c1nncn1N=C1CCC1. The van der Waals surface area contributed by atoms with Crippen LogP contribution in [0.5, 0.6) is 0 Å². The zero-order valence-electron chi connectivity index (χ0n) is 5.56. The van der Waals surface area contributed by atoms with Crippen molar-refractivity contribution in [1.82, 2.24) is 14.9 Å². The van der Waals surface area contributed by atoms with Crippen LogP contribution >= 0.6 is 0 Å². The monoisotopic (exact) mass is 136 g/mol. The van der Waals surface area contributed by atoms with E-state index in [0.717, 1.165) is 12.8 Å². The summed E-state index contributed by atoms with van der Waals surface area (Å²) in [6.45, 7) is 0. The summed E-state index contributed by atoms with van der Waals surface area (Å²) in [6.07, 6.45) is 6.76. The smallest absolute Gasteiger partial charge is 0.141 e. The molecule has 1 aliphatic carbocycles. The quantitative estimate of drug-likeness (QED) is 0.569. The first-order chi connectivity index (χ1) is 4.95. The van der Waals surface area contributed by atoms with Crippen LogP contribution in [0.3, 0.4) is 0 Å². The van der Waals surface area contributed by atoms with Gasteiger partial charge in [-0.05, 0) is 19.3 Å². The fraction of sp³-hybridized carbons (Fsp3) is 0.500. The number of hydrogen-bond donors (Lipinski definition) is 0. The van der Waals surface area contributed by atoms with Gasteiger partial charge in [0.15, 0.2) is 0 Å². The van der Waals surface area contributed by atoms with Gasteiger partial charge in [0.25, 0.3) is 0 Å². The molecule has 1 saturated carbocycles. The molecule has 1 aliphatic rings. The average molecular weight is 136 g/mol. The van der Waals surface area contributed by atoms with E-state index >= 15 is 0 Å². The van der Waals surface area contributed by atoms with Crippen molar-refractivity contribution in [3.05, 3.63) is 12.7 Å². The summed E-state index contributed by atoms with van der Waals surface area (Å²) in [5, 5.41) is 11.5. The lowest BCUT2D eigenvalue weighted by Gasteiger charge is -2.12. The lowest BCUT2D eigenvalue weighted by molar-refractivity contribution is 0.755. The predicted molar refractivity (Wildman–Crippen MR) is 36.7 cm³/mol. The maximum Gasteiger partial charge on any atom is 0.141 e. The van der Waals surface area contributed by atoms with E-state index in [2.05, 4.69) is 15.3 Å². The zero-order valence-corrected chi connectivity index (χ0v) is 5.56. The molecule has 1 heterocycles. The highest BCUT2D eigenvalue weighted by Gasteiger charge is 2.09. The first-order valence-corrected chi connectivity index (χ1v) is 3.36. The molecule has 0 aromatic carbocycles. The Morgan fingerprint density at radius 1 is 1.30 bits per heavy atom. The standard InChI is InChI=1S/C6H8N4/c1-2-6(3-1)9-10-4-7-8-5-10/h4-5H,1-3H2. The van der Waals surface area contributed by atoms with Crippen LogP contribution < -0.4 is 0 Å². The topological polar surface area (TPSA) is 43.1 Å². The Morgan fingerprint density at radius 3 is 2.50 bits per heavy atom. The minimum absolute atomic E-state index is 1.14. The molecule has 0 aliphatic heterocycles. The molecule has 0 saturated heterocycles. The minimum Gasteiger partial charge on any atom is -0.208 e. The van der Waals surface area contributed by atoms with Crippen LogP contribution in [-0.2, 0) is 0 Å². The molecule has 0 spiro atoms. The Labute approximate surface area is 58.6 Å². The van der Waals surface area contributed by atoms with E-state index in [0.29, 0.717) is 0 Å². The number of aromatic nitrogens is 3. The van der Waals surface area contributed by atoms with Gasteiger partial charge in [-0.25, -0.2) is 4.68 Å². The molecule has 10 heavy (non-hydrogen) atoms. The Bertz CT molecular complexity index is 230. The molecule has 2 rings (SSSR count). The number of hydrogen-bond acceptors (Lipinski definition) is 3. The second kappa shape index (κ2) is 2.21. The Balaban J connectivity index is 2.15. The van der Waals surface area contributed by atoms with Crippen molar-refractivity contribution >= 4 is 5.71 Å². The fourth-order valence-corrected chi connectivity index (χ4v) is 0.845. The second-order valence-electron chi connectivity index (χ2n) is 2.36. The van der Waals surface area contributed by atoms with Crippen LogP contribution in [0.15, 0.2) is 17.8 Å². The van der Waals surface area contributed by atoms with Gasteiger partial charge in [-0.3, -0.25) is 0 Å². The summed E-state index contributed by atoms with van der Waals surface area (Å²) in [6, 6.07) is 0. The zero-order chi connectivity index (χ0) is 6.81. The van der Waals surface area contributed by atoms with E-state index < -0.39 is 0 Å². The summed E-state index contributed by atoms with van der Waals surface area (Å²) in [5.41, 5.74) is 1.25. The lowest BCUT2D eigenvalue weighted by Crippen LogP contribution is -2.10. The molecule has 0 bridgehead atoms. The van der Waals surface area contributed by atoms with E-state index in [1.165, 1.54) is 12.1 Å². The molecule has 1 fully saturated rings. The van der Waals surface area contributed by atoms with Gasteiger partial charge in [0, 0.05) is 5.71 Å². The third kappa shape index (κ3) is 0.920. The first-order valence-electron chi connectivity index (χ1n) is 3.36. The minimum atomic E-state index is 1.14. The molecular weight excluding hydrogens is 128 g/mol. The van der Waals surface area contributed by atoms with Gasteiger partial charge in [-0.15, -0.1) is 10.2 Å². The van der Waals surface area contributed by atoms with Crippen molar-refractivity contribution < 1.29 is 0 Å². The molecule has 1 aromatic rings. The van der Waals surface area contributed by atoms with E-state index in [-0.39, 0.29) is 0 Å². The molecule has 4 nitrogen and oxygen atoms in total. The molecule has 4 heteroatoms. The summed E-state index contributed by atoms with van der Waals surface area (Å²) in [7, 11) is 0. The third-order valence-electron chi connectivity index (χ3n) is 1.59. The van der Waals surface area contributed by atoms with Crippen molar-refractivity contribution in [1.29, 1.82) is 0 Å². The summed E-state index contributed by atoms with van der Waals surface area (Å²) in [5.74, 6) is 0. The Morgan fingerprint density at radius 2 is 2.00 bits per heavy atom. The maximum absolute atomic E-state index is 4.23. The number of rotatable bonds is 1. The number of nitrogens with zero attached hydrogens (tertiary/aromatic N) is 4. The van der Waals surface area contributed by atoms with Crippen LogP contribution in [0, 0.1) is 0 Å². The fourth-order valence-electron chi connectivity index (χ4n) is 0.845. The van der Waals surface area contributed by atoms with Gasteiger partial charge in [0.05, 0.1) is 0 Å². The highest BCUT2D eigenvalue weighted by molar-refractivity contribution is 5.88. The molecule has 0 N–H and O–H groups in total. The summed E-state index contributed by atoms with van der Waals surface area (Å²) in [4.78, 5) is 0. The van der Waals surface area contributed by atoms with E-state index in [1.54, 1.807) is 17.3 Å². The van der Waals surface area contributed by atoms with Crippen LogP contribution in [-0.4, -0.2) is 20.6 Å². The van der Waals surface area contributed by atoms with E-state index in [4.69, 9.17) is 0 Å². The molecular formula is C6H8N4. The third-order valence-corrected chi connectivity index (χ3v) is 1.59. The van der Waals surface area contributed by atoms with Crippen LogP contribution in [0.1, 0.15) is 19.3 Å². The molecule has 52 valence electrons. The first kappa shape index (κ1) is 5.58. The van der Waals surface area contributed by atoms with Gasteiger partial charge in [0.1, 0.15) is 12.7 Å². The van der Waals surface area contributed by atoms with Crippen molar-refractivity contribution in [2.45, 2.75) is 19.3 Å². The van der Waals surface area contributed by atoms with E-state index in [9.17, 15) is 0 Å². The molecule has 0 amide bonds. The van der Waals surface area contributed by atoms with Crippen molar-refractivity contribution in [3.8, 4) is 0 Å². The van der Waals surface area contributed by atoms with Crippen molar-refractivity contribution in [3.63, 3.8) is 0 Å². The Kier molecular flexibility index (Phi) is 1.23. The second-order valence-corrected chi connectivity index (χ2v) is 2.36. The van der Waals surface area contributed by atoms with Gasteiger partial charge in [-0.2, -0.15) is 5.10 Å². The molecule has 0 radical (unpaired) electrons. The predicted octanol–water partition coefficient (Wildman–Crippen LogP) is 0.666. The van der Waals surface area contributed by atoms with Crippen LogP contribution in [0.4, 0.5) is 0 Å². The van der Waals surface area contributed by atoms with Gasteiger partial charge >= 0.3 is 0 Å². The largest absolute Gasteiger partial charge is 0.208 e. The Hall–Kier alpha value is -1.19. The normalized spacial score (nSPS) is 16.6. The van der Waals surface area contributed by atoms with Crippen LogP contribution in [0.2, 0.25) is 0 Å². The van der Waals surface area contributed by atoms with Gasteiger partial charge in [-0.1, -0.05) is 0 Å². The average Bonchev–Trinajstić information content (AvgIpc) is 2.29.